The zero-order chi connectivity index (χ0) is 24.4. The molecule has 182 valence electrons. The average Bonchev–Trinajstić information content (AvgIpc) is 2.97. The van der Waals surface area contributed by atoms with Crippen LogP contribution in [0.15, 0.2) is 23.8 Å². The van der Waals surface area contributed by atoms with Gasteiger partial charge in [-0.2, -0.15) is 0 Å². The highest BCUT2D eigenvalue weighted by Crippen LogP contribution is 2.71. The molecule has 33 heavy (non-hydrogen) atoms. The van der Waals surface area contributed by atoms with Crippen molar-refractivity contribution in [2.45, 2.75) is 83.6 Å². The molecule has 0 heterocycles. The summed E-state index contributed by atoms with van der Waals surface area (Å²) in [6, 6.07) is 0. The molecule has 7 heteroatoms. The number of ether oxygens (including phenoxy) is 1. The normalized spacial score (nSPS) is 46.2. The lowest BCUT2D eigenvalue weighted by Gasteiger charge is -2.62. The number of ketones is 2. The summed E-state index contributed by atoms with van der Waals surface area (Å²) in [5.74, 6) is -2.52. The molecule has 8 atom stereocenters. The standard InChI is InChI=1S/C26H34ClFO5/c1-5-6-22(32)33-26(21(31)14-27)15(2)11-19-18-8-7-16-12-17(29)9-10-23(16,3)25(18,28)20(30)13-24(19,26)4/h9-10,12,15,18-20,30H,5-8,11,13-14H2,1-4H3/t15-,18-,19-,20?,23-,24-,25-,26-/m0/s1. The summed E-state index contributed by atoms with van der Waals surface area (Å²) in [4.78, 5) is 38.0. The predicted octanol–water partition coefficient (Wildman–Crippen LogP) is 4.49. The Balaban J connectivity index is 1.83. The molecule has 0 saturated heterocycles. The van der Waals surface area contributed by atoms with Crippen LogP contribution in [0.3, 0.4) is 0 Å². The van der Waals surface area contributed by atoms with E-state index in [1.54, 1.807) is 13.0 Å². The van der Waals surface area contributed by atoms with Gasteiger partial charge in [-0.25, -0.2) is 4.39 Å². The Labute approximate surface area is 199 Å². The third-order valence-electron chi connectivity index (χ3n) is 9.45. The van der Waals surface area contributed by atoms with Crippen LogP contribution >= 0.6 is 11.6 Å². The van der Waals surface area contributed by atoms with Crippen LogP contribution in [-0.4, -0.2) is 45.9 Å². The zero-order valence-corrected chi connectivity index (χ0v) is 20.6. The quantitative estimate of drug-likeness (QED) is 0.463. The van der Waals surface area contributed by atoms with Crippen molar-refractivity contribution in [1.82, 2.24) is 0 Å². The van der Waals surface area contributed by atoms with E-state index in [9.17, 15) is 19.5 Å². The van der Waals surface area contributed by atoms with Crippen molar-refractivity contribution in [1.29, 1.82) is 0 Å². The van der Waals surface area contributed by atoms with Crippen molar-refractivity contribution in [2.24, 2.45) is 28.6 Å². The van der Waals surface area contributed by atoms with Gasteiger partial charge in [-0.3, -0.25) is 14.4 Å². The molecule has 3 saturated carbocycles. The molecule has 4 rings (SSSR count). The topological polar surface area (TPSA) is 80.7 Å². The van der Waals surface area contributed by atoms with E-state index in [-0.39, 0.29) is 42.1 Å². The molecule has 4 aliphatic carbocycles. The van der Waals surface area contributed by atoms with Gasteiger partial charge < -0.3 is 9.84 Å². The largest absolute Gasteiger partial charge is 0.450 e. The number of halogens is 2. The van der Waals surface area contributed by atoms with Crippen LogP contribution in [0.5, 0.6) is 0 Å². The molecule has 3 fully saturated rings. The average molecular weight is 481 g/mol. The number of hydrogen-bond acceptors (Lipinski definition) is 5. The number of alkyl halides is 2. The van der Waals surface area contributed by atoms with Gasteiger partial charge >= 0.3 is 5.97 Å². The first-order valence-electron chi connectivity index (χ1n) is 12.0. The second-order valence-electron chi connectivity index (χ2n) is 10.9. The highest BCUT2D eigenvalue weighted by atomic mass is 35.5. The van der Waals surface area contributed by atoms with E-state index in [1.807, 2.05) is 20.8 Å². The maximum absolute atomic E-state index is 17.2. The minimum Gasteiger partial charge on any atom is -0.450 e. The van der Waals surface area contributed by atoms with E-state index in [0.717, 1.165) is 0 Å². The number of esters is 1. The summed E-state index contributed by atoms with van der Waals surface area (Å²) in [6.45, 7) is 7.35. The fraction of sp³-hybridized carbons (Fsp3) is 0.731. The van der Waals surface area contributed by atoms with Gasteiger partial charge in [-0.05, 0) is 57.1 Å². The van der Waals surface area contributed by atoms with Crippen molar-refractivity contribution in [3.63, 3.8) is 0 Å². The summed E-state index contributed by atoms with van der Waals surface area (Å²) >= 11 is 6.04. The Kier molecular flexibility index (Phi) is 5.97. The van der Waals surface area contributed by atoms with Gasteiger partial charge in [0.25, 0.3) is 0 Å². The first-order chi connectivity index (χ1) is 15.4. The van der Waals surface area contributed by atoms with Crippen molar-refractivity contribution in [3.05, 3.63) is 23.8 Å². The van der Waals surface area contributed by atoms with E-state index < -0.39 is 40.1 Å². The minimum atomic E-state index is -1.99. The molecule has 0 aromatic heterocycles. The number of aliphatic hydroxyl groups excluding tert-OH is 1. The second kappa shape index (κ2) is 8.01. The van der Waals surface area contributed by atoms with Crippen LogP contribution in [0, 0.1) is 28.6 Å². The Bertz CT molecular complexity index is 945. The van der Waals surface area contributed by atoms with Gasteiger partial charge in [-0.1, -0.05) is 32.4 Å². The fourth-order valence-corrected chi connectivity index (χ4v) is 8.13. The van der Waals surface area contributed by atoms with E-state index in [0.29, 0.717) is 31.3 Å². The number of carbonyl (C=O) groups is 3. The van der Waals surface area contributed by atoms with E-state index in [1.165, 1.54) is 12.2 Å². The van der Waals surface area contributed by atoms with Crippen molar-refractivity contribution < 1.29 is 28.6 Å². The molecule has 0 radical (unpaired) electrons. The molecule has 0 bridgehead atoms. The summed E-state index contributed by atoms with van der Waals surface area (Å²) in [6.07, 6.45) is 5.33. The first kappa shape index (κ1) is 24.6. The molecule has 1 unspecified atom stereocenters. The van der Waals surface area contributed by atoms with Gasteiger partial charge in [0.05, 0.1) is 12.0 Å². The summed E-state index contributed by atoms with van der Waals surface area (Å²) in [5, 5.41) is 11.5. The molecular formula is C26H34ClFO5. The third-order valence-corrected chi connectivity index (χ3v) is 9.69. The van der Waals surface area contributed by atoms with Gasteiger partial charge in [0.1, 0.15) is 0 Å². The zero-order valence-electron chi connectivity index (χ0n) is 19.8. The molecule has 0 aliphatic heterocycles. The van der Waals surface area contributed by atoms with Crippen LogP contribution < -0.4 is 0 Å². The van der Waals surface area contributed by atoms with Gasteiger partial charge in [0.15, 0.2) is 22.8 Å². The van der Waals surface area contributed by atoms with Crippen molar-refractivity contribution in [3.8, 4) is 0 Å². The van der Waals surface area contributed by atoms with Crippen LogP contribution in [0.1, 0.15) is 66.2 Å². The highest BCUT2D eigenvalue weighted by Gasteiger charge is 2.77. The van der Waals surface area contributed by atoms with Gasteiger partial charge in [-0.15, -0.1) is 11.6 Å². The van der Waals surface area contributed by atoms with Crippen LogP contribution in [0.25, 0.3) is 0 Å². The number of rotatable bonds is 5. The van der Waals surface area contributed by atoms with E-state index in [2.05, 4.69) is 0 Å². The highest BCUT2D eigenvalue weighted by molar-refractivity contribution is 6.29. The minimum absolute atomic E-state index is 0.0261. The third kappa shape index (κ3) is 3.02. The molecule has 4 aliphatic rings. The number of allylic oxidation sites excluding steroid dienone is 4. The maximum atomic E-state index is 17.2. The SMILES string of the molecule is CCCC(=O)O[C@]1(C(=O)CCl)[C@@H](C)C[C@H]2[C@@H]3CCC4=CC(=O)C=C[C@]4(C)[C@@]3(F)C(O)C[C@@]21C. The molecule has 0 spiro atoms. The van der Waals surface area contributed by atoms with E-state index >= 15 is 4.39 Å². The van der Waals surface area contributed by atoms with Crippen molar-refractivity contribution in [2.75, 3.05) is 5.88 Å². The van der Waals surface area contributed by atoms with Gasteiger partial charge in [0, 0.05) is 29.1 Å². The molecule has 0 aromatic rings. The summed E-state index contributed by atoms with van der Waals surface area (Å²) in [5.41, 5.74) is -4.84. The molecule has 5 nitrogen and oxygen atoms in total. The number of Topliss-reactive ketones (excluding diaryl/α,β-unsaturated/α-hetero) is 1. The Hall–Kier alpha value is -1.53. The lowest BCUT2D eigenvalue weighted by atomic mass is 9.44. The molecular weight excluding hydrogens is 447 g/mol. The first-order valence-corrected chi connectivity index (χ1v) is 12.6. The fourth-order valence-electron chi connectivity index (χ4n) is 7.93. The van der Waals surface area contributed by atoms with Crippen LogP contribution in [0.2, 0.25) is 0 Å². The smallest absolute Gasteiger partial charge is 0.306 e. The number of hydrogen-bond donors (Lipinski definition) is 1. The second-order valence-corrected chi connectivity index (χ2v) is 11.2. The Morgan fingerprint density at radius 1 is 1.30 bits per heavy atom. The molecule has 0 aromatic carbocycles. The lowest BCUT2D eigenvalue weighted by Crippen LogP contribution is -2.70. The maximum Gasteiger partial charge on any atom is 0.306 e. The number of fused-ring (bicyclic) bond motifs is 5. The van der Waals surface area contributed by atoms with Crippen LogP contribution in [-0.2, 0) is 19.1 Å². The van der Waals surface area contributed by atoms with Crippen molar-refractivity contribution >= 4 is 29.1 Å². The van der Waals surface area contributed by atoms with E-state index in [4.69, 9.17) is 16.3 Å². The summed E-state index contributed by atoms with van der Waals surface area (Å²) in [7, 11) is 0. The predicted molar refractivity (Wildman–Crippen MR) is 122 cm³/mol. The Morgan fingerprint density at radius 2 is 2.00 bits per heavy atom. The summed E-state index contributed by atoms with van der Waals surface area (Å²) < 4.78 is 23.2. The van der Waals surface area contributed by atoms with Gasteiger partial charge in [0.2, 0.25) is 0 Å². The monoisotopic (exact) mass is 480 g/mol. The Morgan fingerprint density at radius 3 is 2.64 bits per heavy atom. The lowest BCUT2D eigenvalue weighted by molar-refractivity contribution is -0.227. The number of carbonyl (C=O) groups excluding carboxylic acids is 3. The number of aliphatic hydroxyl groups is 1. The molecule has 1 N–H and O–H groups in total. The molecule has 0 amide bonds. The van der Waals surface area contributed by atoms with Crippen LogP contribution in [0.4, 0.5) is 4.39 Å².